The van der Waals surface area contributed by atoms with Gasteiger partial charge >= 0.3 is 0 Å². The van der Waals surface area contributed by atoms with Gasteiger partial charge in [0, 0.05) is 28.4 Å². The number of anilines is 1. The second kappa shape index (κ2) is 8.12. The number of nitro benzene ring substituents is 1. The summed E-state index contributed by atoms with van der Waals surface area (Å²) in [5.74, 6) is 0.0434. The number of halogens is 1. The normalized spacial score (nSPS) is 10.0. The largest absolute Gasteiger partial charge is 0.483 e. The number of hydrogen-bond donors (Lipinski definition) is 1. The number of nitro groups is 1. The van der Waals surface area contributed by atoms with Gasteiger partial charge in [-0.2, -0.15) is 0 Å². The van der Waals surface area contributed by atoms with Crippen molar-refractivity contribution >= 4 is 28.9 Å². The highest BCUT2D eigenvalue weighted by atomic mass is 35.5. The van der Waals surface area contributed by atoms with Crippen molar-refractivity contribution < 1.29 is 14.5 Å². The summed E-state index contributed by atoms with van der Waals surface area (Å²) >= 11 is 5.85. The molecule has 0 bridgehead atoms. The molecule has 0 saturated heterocycles. The van der Waals surface area contributed by atoms with Crippen molar-refractivity contribution in [2.24, 2.45) is 0 Å². The van der Waals surface area contributed by atoms with Gasteiger partial charge in [-0.1, -0.05) is 23.7 Å². The molecule has 0 heterocycles. The van der Waals surface area contributed by atoms with E-state index < -0.39 is 4.92 Å². The third-order valence-corrected chi connectivity index (χ3v) is 3.32. The summed E-state index contributed by atoms with van der Waals surface area (Å²) in [5.41, 5.74) is 1.11. The number of carbonyl (C=O) groups is 1. The van der Waals surface area contributed by atoms with Crippen LogP contribution in [0.15, 0.2) is 55.1 Å². The van der Waals surface area contributed by atoms with Crippen LogP contribution < -0.4 is 10.1 Å². The number of amides is 1. The minimum atomic E-state index is -0.484. The van der Waals surface area contributed by atoms with E-state index in [0.717, 1.165) is 0 Å². The fraction of sp³-hybridized carbons (Fsp3) is 0.118. The number of benzene rings is 2. The first-order chi connectivity index (χ1) is 11.5. The number of nitrogens with zero attached hydrogens (tertiary/aromatic N) is 1. The van der Waals surface area contributed by atoms with Gasteiger partial charge in [0.1, 0.15) is 5.75 Å². The second-order valence-corrected chi connectivity index (χ2v) is 5.33. The summed E-state index contributed by atoms with van der Waals surface area (Å²) in [4.78, 5) is 22.3. The van der Waals surface area contributed by atoms with Crippen LogP contribution in [-0.4, -0.2) is 17.4 Å². The van der Waals surface area contributed by atoms with Crippen molar-refractivity contribution in [3.05, 3.63) is 75.8 Å². The van der Waals surface area contributed by atoms with Crippen LogP contribution in [0.25, 0.3) is 0 Å². The number of hydrogen-bond acceptors (Lipinski definition) is 4. The van der Waals surface area contributed by atoms with Gasteiger partial charge in [-0.25, -0.2) is 0 Å². The molecule has 6 nitrogen and oxygen atoms in total. The van der Waals surface area contributed by atoms with E-state index >= 15 is 0 Å². The summed E-state index contributed by atoms with van der Waals surface area (Å²) in [6, 6.07) is 11.0. The number of non-ortho nitro benzene ring substituents is 1. The fourth-order valence-electron chi connectivity index (χ4n) is 2.04. The van der Waals surface area contributed by atoms with E-state index in [2.05, 4.69) is 11.9 Å². The monoisotopic (exact) mass is 346 g/mol. The molecule has 1 amide bonds. The van der Waals surface area contributed by atoms with Crippen LogP contribution in [0.2, 0.25) is 5.02 Å². The lowest BCUT2D eigenvalue weighted by Gasteiger charge is -2.11. The van der Waals surface area contributed by atoms with E-state index in [1.54, 1.807) is 30.3 Å². The maximum absolute atomic E-state index is 11.9. The average molecular weight is 347 g/mol. The zero-order chi connectivity index (χ0) is 17.5. The Morgan fingerprint density at radius 2 is 2.12 bits per heavy atom. The Balaban J connectivity index is 2.03. The van der Waals surface area contributed by atoms with Crippen LogP contribution in [0.1, 0.15) is 5.56 Å². The van der Waals surface area contributed by atoms with E-state index in [9.17, 15) is 14.9 Å². The second-order valence-electron chi connectivity index (χ2n) is 4.89. The van der Waals surface area contributed by atoms with Crippen molar-refractivity contribution in [1.29, 1.82) is 0 Å². The van der Waals surface area contributed by atoms with E-state index in [4.69, 9.17) is 16.3 Å². The van der Waals surface area contributed by atoms with E-state index in [0.29, 0.717) is 28.4 Å². The Morgan fingerprint density at radius 3 is 2.79 bits per heavy atom. The number of carbonyl (C=O) groups excluding carboxylic acids is 1. The molecular weight excluding hydrogens is 332 g/mol. The average Bonchev–Trinajstić information content (AvgIpc) is 2.53. The SMILES string of the molecule is C=CCc1cc([N+](=O)[O-])ccc1OCC(=O)Nc1cccc(Cl)c1. The van der Waals surface area contributed by atoms with Crippen LogP contribution in [-0.2, 0) is 11.2 Å². The zero-order valence-electron chi connectivity index (χ0n) is 12.7. The molecule has 0 unspecified atom stereocenters. The summed E-state index contributed by atoms with van der Waals surface area (Å²) < 4.78 is 5.47. The molecule has 2 rings (SSSR count). The van der Waals surface area contributed by atoms with Gasteiger partial charge in [-0.05, 0) is 30.7 Å². The summed E-state index contributed by atoms with van der Waals surface area (Å²) in [6.45, 7) is 3.39. The molecular formula is C17H15ClN2O4. The number of ether oxygens (including phenoxy) is 1. The number of allylic oxidation sites excluding steroid dienone is 1. The standard InChI is InChI=1S/C17H15ClN2O4/c1-2-4-12-9-15(20(22)23)7-8-16(12)24-11-17(21)19-14-6-3-5-13(18)10-14/h2-3,5-10H,1,4,11H2,(H,19,21). The smallest absolute Gasteiger partial charge is 0.269 e. The molecule has 0 aliphatic heterocycles. The Morgan fingerprint density at radius 1 is 1.33 bits per heavy atom. The fourth-order valence-corrected chi connectivity index (χ4v) is 2.23. The molecule has 1 N–H and O–H groups in total. The van der Waals surface area contributed by atoms with Gasteiger partial charge < -0.3 is 10.1 Å². The van der Waals surface area contributed by atoms with Crippen molar-refractivity contribution in [2.75, 3.05) is 11.9 Å². The van der Waals surface area contributed by atoms with E-state index in [-0.39, 0.29) is 18.2 Å². The Labute approximate surface area is 143 Å². The first-order valence-electron chi connectivity index (χ1n) is 7.06. The van der Waals surface area contributed by atoms with Crippen molar-refractivity contribution in [3.8, 4) is 5.75 Å². The number of nitrogens with one attached hydrogen (secondary N) is 1. The van der Waals surface area contributed by atoms with Gasteiger partial charge in [0.05, 0.1) is 4.92 Å². The highest BCUT2D eigenvalue weighted by molar-refractivity contribution is 6.30. The van der Waals surface area contributed by atoms with Crippen LogP contribution in [0, 0.1) is 10.1 Å². The first-order valence-corrected chi connectivity index (χ1v) is 7.44. The summed E-state index contributed by atoms with van der Waals surface area (Å²) in [5, 5.41) is 14.0. The van der Waals surface area contributed by atoms with Crippen LogP contribution in [0.5, 0.6) is 5.75 Å². The molecule has 0 radical (unpaired) electrons. The molecule has 0 spiro atoms. The molecule has 0 saturated carbocycles. The van der Waals surface area contributed by atoms with Gasteiger partial charge in [0.15, 0.2) is 6.61 Å². The van der Waals surface area contributed by atoms with E-state index in [1.807, 2.05) is 0 Å². The van der Waals surface area contributed by atoms with Gasteiger partial charge in [-0.15, -0.1) is 6.58 Å². The zero-order valence-corrected chi connectivity index (χ0v) is 13.5. The van der Waals surface area contributed by atoms with Crippen LogP contribution in [0.4, 0.5) is 11.4 Å². The van der Waals surface area contributed by atoms with Gasteiger partial charge in [0.2, 0.25) is 0 Å². The maximum Gasteiger partial charge on any atom is 0.269 e. The highest BCUT2D eigenvalue weighted by Gasteiger charge is 2.12. The van der Waals surface area contributed by atoms with Crippen molar-refractivity contribution in [2.45, 2.75) is 6.42 Å². The Kier molecular flexibility index (Phi) is 5.92. The quantitative estimate of drug-likeness (QED) is 0.467. The van der Waals surface area contributed by atoms with Gasteiger partial charge in [-0.3, -0.25) is 14.9 Å². The molecule has 24 heavy (non-hydrogen) atoms. The van der Waals surface area contributed by atoms with Crippen molar-refractivity contribution in [3.63, 3.8) is 0 Å². The number of rotatable bonds is 7. The molecule has 124 valence electrons. The van der Waals surface area contributed by atoms with Crippen molar-refractivity contribution in [1.82, 2.24) is 0 Å². The molecule has 2 aromatic carbocycles. The lowest BCUT2D eigenvalue weighted by Crippen LogP contribution is -2.20. The third-order valence-electron chi connectivity index (χ3n) is 3.09. The van der Waals surface area contributed by atoms with E-state index in [1.165, 1.54) is 18.2 Å². The summed E-state index contributed by atoms with van der Waals surface area (Å²) in [7, 11) is 0. The first kappa shape index (κ1) is 17.5. The van der Waals surface area contributed by atoms with Crippen LogP contribution in [0.3, 0.4) is 0 Å². The minimum Gasteiger partial charge on any atom is -0.483 e. The Hall–Kier alpha value is -2.86. The van der Waals surface area contributed by atoms with Gasteiger partial charge in [0.25, 0.3) is 11.6 Å². The lowest BCUT2D eigenvalue weighted by atomic mass is 10.1. The topological polar surface area (TPSA) is 81.5 Å². The molecule has 0 aliphatic carbocycles. The molecule has 0 aliphatic rings. The minimum absolute atomic E-state index is 0.0393. The molecule has 0 aromatic heterocycles. The lowest BCUT2D eigenvalue weighted by molar-refractivity contribution is -0.384. The molecule has 7 heteroatoms. The molecule has 0 atom stereocenters. The third kappa shape index (κ3) is 4.82. The van der Waals surface area contributed by atoms with Crippen LogP contribution >= 0.6 is 11.6 Å². The predicted molar refractivity (Wildman–Crippen MR) is 92.6 cm³/mol. The molecule has 0 fully saturated rings. The Bertz CT molecular complexity index is 777. The predicted octanol–water partition coefficient (Wildman–Crippen LogP) is 3.99. The maximum atomic E-state index is 11.9. The summed E-state index contributed by atoms with van der Waals surface area (Å²) in [6.07, 6.45) is 2.00. The highest BCUT2D eigenvalue weighted by Crippen LogP contribution is 2.25. The molecule has 2 aromatic rings.